The summed E-state index contributed by atoms with van der Waals surface area (Å²) in [7, 11) is -1.77. The van der Waals surface area contributed by atoms with Gasteiger partial charge in [0.25, 0.3) is 5.56 Å². The fraction of sp³-hybridized carbons (Fsp3) is 0.353. The number of carbonyl (C=O) groups is 1. The summed E-state index contributed by atoms with van der Waals surface area (Å²) in [6.45, 7) is 1.74. The minimum Gasteiger partial charge on any atom is -0.465 e. The Morgan fingerprint density at radius 2 is 2.04 bits per heavy atom. The number of nitrogens with one attached hydrogen (secondary N) is 1. The summed E-state index contributed by atoms with van der Waals surface area (Å²) in [6, 6.07) is 6.10. The summed E-state index contributed by atoms with van der Waals surface area (Å²) < 4.78 is 29.3. The van der Waals surface area contributed by atoms with Crippen LogP contribution < -0.4 is 5.56 Å². The number of carbonyl (C=O) groups excluding carboxylic acids is 1. The Kier molecular flexibility index (Phi) is 4.82. The van der Waals surface area contributed by atoms with Crippen molar-refractivity contribution in [1.29, 1.82) is 0 Å². The summed E-state index contributed by atoms with van der Waals surface area (Å²) in [6.07, 6.45) is 1.87. The molecule has 3 rings (SSSR count). The second-order valence-corrected chi connectivity index (χ2v) is 8.41. The van der Waals surface area contributed by atoms with Gasteiger partial charge in [0, 0.05) is 11.9 Å². The minimum absolute atomic E-state index is 0.0293. The Hall–Kier alpha value is -2.68. The van der Waals surface area contributed by atoms with Crippen LogP contribution in [-0.4, -0.2) is 49.0 Å². The molecule has 0 bridgehead atoms. The van der Waals surface area contributed by atoms with Gasteiger partial charge >= 0.3 is 5.97 Å². The summed E-state index contributed by atoms with van der Waals surface area (Å²) in [5.74, 6) is -0.368. The first-order valence-corrected chi connectivity index (χ1v) is 9.87. The van der Waals surface area contributed by atoms with E-state index < -0.39 is 15.8 Å². The van der Waals surface area contributed by atoms with Crippen molar-refractivity contribution in [3.05, 3.63) is 51.4 Å². The predicted molar refractivity (Wildman–Crippen MR) is 97.1 cm³/mol. The normalized spacial score (nSPS) is 19.1. The molecule has 0 unspecified atom stereocenters. The molecule has 1 aliphatic heterocycles. The molecule has 0 amide bonds. The largest absolute Gasteiger partial charge is 0.465 e. The van der Waals surface area contributed by atoms with E-state index in [1.807, 2.05) is 0 Å². The van der Waals surface area contributed by atoms with Crippen molar-refractivity contribution in [3.63, 3.8) is 0 Å². The van der Waals surface area contributed by atoms with Crippen LogP contribution in [0.2, 0.25) is 0 Å². The number of ether oxygens (including phenoxy) is 1. The molecule has 1 atom stereocenters. The molecular formula is C17H19N3O5S. The number of esters is 1. The molecule has 1 saturated heterocycles. The van der Waals surface area contributed by atoms with Gasteiger partial charge < -0.3 is 4.74 Å². The number of rotatable bonds is 4. The van der Waals surface area contributed by atoms with Gasteiger partial charge in [0.15, 0.2) is 9.84 Å². The SMILES string of the molecule is COC(=O)c1ccc(N=Cc2c(C)[nH]n([C@H]3CCS(=O)(=O)C3)c2=O)cc1. The third-order valence-electron chi connectivity index (χ3n) is 4.35. The van der Waals surface area contributed by atoms with Gasteiger partial charge in [-0.2, -0.15) is 0 Å². The number of aromatic amines is 1. The molecular weight excluding hydrogens is 358 g/mol. The van der Waals surface area contributed by atoms with E-state index >= 15 is 0 Å². The number of H-pyrrole nitrogens is 1. The summed E-state index contributed by atoms with van der Waals surface area (Å²) in [5.41, 5.74) is 1.70. The second kappa shape index (κ2) is 6.91. The third-order valence-corrected chi connectivity index (χ3v) is 6.10. The number of hydrogen-bond acceptors (Lipinski definition) is 6. The van der Waals surface area contributed by atoms with E-state index in [4.69, 9.17) is 0 Å². The van der Waals surface area contributed by atoms with Crippen LogP contribution in [0.25, 0.3) is 0 Å². The fourth-order valence-electron chi connectivity index (χ4n) is 2.91. The quantitative estimate of drug-likeness (QED) is 0.639. The minimum atomic E-state index is -3.08. The number of aryl methyl sites for hydroxylation is 1. The van der Waals surface area contributed by atoms with Crippen LogP contribution in [0.15, 0.2) is 34.1 Å². The molecule has 0 aliphatic carbocycles. The highest BCUT2D eigenvalue weighted by Crippen LogP contribution is 2.22. The van der Waals surface area contributed by atoms with Gasteiger partial charge in [-0.25, -0.2) is 17.9 Å². The molecule has 1 aromatic carbocycles. The highest BCUT2D eigenvalue weighted by atomic mass is 32.2. The number of benzene rings is 1. The Morgan fingerprint density at radius 3 is 2.62 bits per heavy atom. The van der Waals surface area contributed by atoms with Crippen LogP contribution in [0.5, 0.6) is 0 Å². The molecule has 1 N–H and O–H groups in total. The molecule has 1 aromatic heterocycles. The van der Waals surface area contributed by atoms with Gasteiger partial charge in [-0.05, 0) is 37.6 Å². The van der Waals surface area contributed by atoms with Gasteiger partial charge in [-0.15, -0.1) is 0 Å². The molecule has 0 saturated carbocycles. The molecule has 0 radical (unpaired) electrons. The Morgan fingerprint density at radius 1 is 1.35 bits per heavy atom. The Bertz CT molecular complexity index is 1020. The van der Waals surface area contributed by atoms with E-state index in [0.717, 1.165) is 0 Å². The first-order valence-electron chi connectivity index (χ1n) is 8.05. The van der Waals surface area contributed by atoms with Crippen LogP contribution in [0, 0.1) is 6.92 Å². The lowest BCUT2D eigenvalue weighted by atomic mass is 10.2. The van der Waals surface area contributed by atoms with Gasteiger partial charge in [-0.1, -0.05) is 0 Å². The van der Waals surface area contributed by atoms with Crippen LogP contribution >= 0.6 is 0 Å². The zero-order valence-corrected chi connectivity index (χ0v) is 15.2. The molecule has 26 heavy (non-hydrogen) atoms. The van der Waals surface area contributed by atoms with Crippen molar-refractivity contribution >= 4 is 27.7 Å². The van der Waals surface area contributed by atoms with Crippen LogP contribution in [-0.2, 0) is 14.6 Å². The predicted octanol–water partition coefficient (Wildman–Crippen LogP) is 1.38. The van der Waals surface area contributed by atoms with E-state index in [1.165, 1.54) is 18.0 Å². The smallest absolute Gasteiger partial charge is 0.337 e. The standard InChI is InChI=1S/C17H19N3O5S/c1-11-15(9-18-13-5-3-12(4-6-13)17(22)25-2)16(21)20(19-11)14-7-8-26(23,24)10-14/h3-6,9,14,19H,7-8,10H2,1-2H3/t14-/m0/s1. The first-order chi connectivity index (χ1) is 12.3. The molecule has 0 spiro atoms. The van der Waals surface area contributed by atoms with Crippen molar-refractivity contribution in [2.45, 2.75) is 19.4 Å². The first kappa shape index (κ1) is 18.1. The van der Waals surface area contributed by atoms with E-state index in [-0.39, 0.29) is 23.1 Å². The lowest BCUT2D eigenvalue weighted by Gasteiger charge is -2.07. The fourth-order valence-corrected chi connectivity index (χ4v) is 4.61. The van der Waals surface area contributed by atoms with Crippen LogP contribution in [0.3, 0.4) is 0 Å². The van der Waals surface area contributed by atoms with E-state index in [9.17, 15) is 18.0 Å². The maximum atomic E-state index is 12.6. The summed E-state index contributed by atoms with van der Waals surface area (Å²) >= 11 is 0. The third kappa shape index (κ3) is 3.62. The maximum Gasteiger partial charge on any atom is 0.337 e. The van der Waals surface area contributed by atoms with Crippen LogP contribution in [0.4, 0.5) is 5.69 Å². The van der Waals surface area contributed by atoms with Crippen molar-refractivity contribution in [1.82, 2.24) is 9.78 Å². The average Bonchev–Trinajstić information content (AvgIpc) is 3.12. The van der Waals surface area contributed by atoms with E-state index in [2.05, 4.69) is 14.8 Å². The number of aromatic nitrogens is 2. The van der Waals surface area contributed by atoms with Gasteiger partial charge in [0.1, 0.15) is 0 Å². The summed E-state index contributed by atoms with van der Waals surface area (Å²) in [5, 5.41) is 2.95. The zero-order valence-electron chi connectivity index (χ0n) is 14.4. The highest BCUT2D eigenvalue weighted by molar-refractivity contribution is 7.91. The Balaban J connectivity index is 1.83. The second-order valence-electron chi connectivity index (χ2n) is 6.18. The molecule has 1 fully saturated rings. The highest BCUT2D eigenvalue weighted by Gasteiger charge is 2.31. The molecule has 2 heterocycles. The topological polar surface area (TPSA) is 111 Å². The van der Waals surface area contributed by atoms with Crippen molar-refractivity contribution in [2.75, 3.05) is 18.6 Å². The number of sulfone groups is 1. The summed E-state index contributed by atoms with van der Waals surface area (Å²) in [4.78, 5) is 28.3. The van der Waals surface area contributed by atoms with Crippen molar-refractivity contribution < 1.29 is 17.9 Å². The van der Waals surface area contributed by atoms with E-state index in [1.54, 1.807) is 31.2 Å². The number of nitrogens with zero attached hydrogens (tertiary/aromatic N) is 2. The van der Waals surface area contributed by atoms with Crippen LogP contribution in [0.1, 0.15) is 34.1 Å². The number of hydrogen-bond donors (Lipinski definition) is 1. The average molecular weight is 377 g/mol. The van der Waals surface area contributed by atoms with Gasteiger partial charge in [0.2, 0.25) is 0 Å². The monoisotopic (exact) mass is 377 g/mol. The lowest BCUT2D eigenvalue weighted by molar-refractivity contribution is 0.0600. The number of methoxy groups -OCH3 is 1. The maximum absolute atomic E-state index is 12.6. The molecule has 9 heteroatoms. The van der Waals surface area contributed by atoms with Crippen molar-refractivity contribution in [2.24, 2.45) is 4.99 Å². The molecule has 8 nitrogen and oxygen atoms in total. The van der Waals surface area contributed by atoms with E-state index in [0.29, 0.717) is 28.9 Å². The number of aliphatic imine (C=N–C) groups is 1. The molecule has 138 valence electrons. The molecule has 1 aliphatic rings. The Labute approximate surface area is 150 Å². The lowest BCUT2D eigenvalue weighted by Crippen LogP contribution is -2.25. The molecule has 2 aromatic rings. The van der Waals surface area contributed by atoms with Crippen molar-refractivity contribution in [3.8, 4) is 0 Å². The zero-order chi connectivity index (χ0) is 18.9. The van der Waals surface area contributed by atoms with Gasteiger partial charge in [0.05, 0.1) is 41.5 Å². The van der Waals surface area contributed by atoms with Gasteiger partial charge in [-0.3, -0.25) is 14.9 Å².